The Balaban J connectivity index is 2.07. The van der Waals surface area contributed by atoms with E-state index in [2.05, 4.69) is 20.3 Å². The van der Waals surface area contributed by atoms with Crippen molar-refractivity contribution < 1.29 is 4.92 Å². The van der Waals surface area contributed by atoms with Crippen molar-refractivity contribution in [2.75, 3.05) is 11.1 Å². The summed E-state index contributed by atoms with van der Waals surface area (Å²) in [5.74, 6) is 0.337. The molecule has 0 saturated heterocycles. The maximum Gasteiger partial charge on any atom is 0.311 e. The Labute approximate surface area is 102 Å². The highest BCUT2D eigenvalue weighted by Crippen LogP contribution is 2.20. The molecule has 18 heavy (non-hydrogen) atoms. The van der Waals surface area contributed by atoms with Gasteiger partial charge in [-0.2, -0.15) is 0 Å². The van der Waals surface area contributed by atoms with Crippen LogP contribution >= 0.6 is 0 Å². The molecule has 8 heteroatoms. The van der Waals surface area contributed by atoms with Crippen LogP contribution in [-0.2, 0) is 6.54 Å². The summed E-state index contributed by atoms with van der Waals surface area (Å²) in [6, 6.07) is 4.56. The van der Waals surface area contributed by atoms with Crippen LogP contribution in [0.1, 0.15) is 5.69 Å². The number of aromatic nitrogens is 3. The first kappa shape index (κ1) is 11.7. The topological polar surface area (TPSA) is 120 Å². The minimum Gasteiger partial charge on any atom is -0.378 e. The Hall–Kier alpha value is -2.77. The Bertz CT molecular complexity index is 560. The second kappa shape index (κ2) is 5.04. The second-order valence-corrected chi connectivity index (χ2v) is 3.41. The van der Waals surface area contributed by atoms with E-state index in [4.69, 9.17) is 5.73 Å². The monoisotopic (exact) mass is 246 g/mol. The highest BCUT2D eigenvalue weighted by atomic mass is 16.6. The summed E-state index contributed by atoms with van der Waals surface area (Å²) in [6.45, 7) is 0.437. The number of nitrogens with one attached hydrogen (secondary N) is 1. The van der Waals surface area contributed by atoms with E-state index in [0.29, 0.717) is 12.4 Å². The number of nitro groups is 1. The van der Waals surface area contributed by atoms with Crippen LogP contribution in [0.15, 0.2) is 30.7 Å². The predicted octanol–water partition coefficient (Wildman–Crippen LogP) is 0.974. The lowest BCUT2D eigenvalue weighted by Crippen LogP contribution is -2.05. The molecule has 0 unspecified atom stereocenters. The average molecular weight is 246 g/mol. The third kappa shape index (κ3) is 2.67. The van der Waals surface area contributed by atoms with Crippen LogP contribution in [0, 0.1) is 10.1 Å². The molecule has 2 aromatic rings. The Morgan fingerprint density at radius 2 is 2.22 bits per heavy atom. The smallest absolute Gasteiger partial charge is 0.311 e. The molecule has 0 aliphatic heterocycles. The van der Waals surface area contributed by atoms with Crippen molar-refractivity contribution in [3.05, 3.63) is 46.5 Å². The van der Waals surface area contributed by atoms with Crippen molar-refractivity contribution in [3.63, 3.8) is 0 Å². The fourth-order valence-electron chi connectivity index (χ4n) is 1.32. The van der Waals surface area contributed by atoms with Crippen LogP contribution < -0.4 is 11.1 Å². The van der Waals surface area contributed by atoms with Crippen molar-refractivity contribution in [2.45, 2.75) is 6.54 Å². The molecule has 0 saturated carbocycles. The molecule has 2 rings (SSSR count). The van der Waals surface area contributed by atoms with E-state index in [9.17, 15) is 10.1 Å². The van der Waals surface area contributed by atoms with Crippen LogP contribution in [0.4, 0.5) is 17.3 Å². The first-order chi connectivity index (χ1) is 8.66. The third-order valence-corrected chi connectivity index (χ3v) is 2.19. The zero-order valence-corrected chi connectivity index (χ0v) is 9.28. The van der Waals surface area contributed by atoms with Gasteiger partial charge in [-0.05, 0) is 12.1 Å². The number of nitrogen functional groups attached to an aromatic ring is 1. The molecular formula is C10H10N6O2. The van der Waals surface area contributed by atoms with Crippen LogP contribution in [0.3, 0.4) is 0 Å². The summed E-state index contributed by atoms with van der Waals surface area (Å²) in [6.07, 6.45) is 3.07. The summed E-state index contributed by atoms with van der Waals surface area (Å²) in [5, 5.41) is 13.5. The highest BCUT2D eigenvalue weighted by molar-refractivity contribution is 5.57. The van der Waals surface area contributed by atoms with Crippen molar-refractivity contribution in [1.29, 1.82) is 0 Å². The van der Waals surface area contributed by atoms with Gasteiger partial charge in [-0.3, -0.25) is 10.1 Å². The Kier molecular flexibility index (Phi) is 3.28. The number of nitrogens with two attached hydrogens (primary N) is 1. The number of pyridine rings is 1. The van der Waals surface area contributed by atoms with E-state index in [0.717, 1.165) is 5.69 Å². The van der Waals surface area contributed by atoms with E-state index >= 15 is 0 Å². The van der Waals surface area contributed by atoms with Crippen LogP contribution in [0.25, 0.3) is 0 Å². The maximum atomic E-state index is 10.6. The summed E-state index contributed by atoms with van der Waals surface area (Å²) < 4.78 is 0. The van der Waals surface area contributed by atoms with E-state index in [1.54, 1.807) is 12.3 Å². The van der Waals surface area contributed by atoms with Gasteiger partial charge >= 0.3 is 5.69 Å². The lowest BCUT2D eigenvalue weighted by Gasteiger charge is -2.05. The molecule has 2 heterocycles. The molecule has 3 N–H and O–H groups in total. The van der Waals surface area contributed by atoms with Crippen LogP contribution in [-0.4, -0.2) is 19.9 Å². The molecule has 0 spiro atoms. The molecule has 92 valence electrons. The molecule has 0 bridgehead atoms. The lowest BCUT2D eigenvalue weighted by molar-refractivity contribution is -0.384. The van der Waals surface area contributed by atoms with Crippen molar-refractivity contribution in [2.24, 2.45) is 0 Å². The van der Waals surface area contributed by atoms with Gasteiger partial charge in [0.15, 0.2) is 0 Å². The van der Waals surface area contributed by atoms with Gasteiger partial charge in [-0.1, -0.05) is 0 Å². The van der Waals surface area contributed by atoms with Crippen LogP contribution in [0.5, 0.6) is 0 Å². The van der Waals surface area contributed by atoms with E-state index in [1.807, 2.05) is 0 Å². The summed E-state index contributed by atoms with van der Waals surface area (Å²) in [7, 11) is 0. The summed E-state index contributed by atoms with van der Waals surface area (Å²) in [5.41, 5.74) is 6.05. The minimum atomic E-state index is -0.573. The van der Waals surface area contributed by atoms with E-state index in [1.165, 1.54) is 18.5 Å². The van der Waals surface area contributed by atoms with E-state index < -0.39 is 4.92 Å². The van der Waals surface area contributed by atoms with Gasteiger partial charge in [-0.15, -0.1) is 0 Å². The average Bonchev–Trinajstić information content (AvgIpc) is 2.37. The standard InChI is InChI=1S/C10H10N6O2/c11-10-8(16(17)18)1-2-9(15-10)13-5-7-3-4-12-6-14-7/h1-4,6H,5H2,(H3,11,13,15). The van der Waals surface area contributed by atoms with Gasteiger partial charge in [0, 0.05) is 12.3 Å². The second-order valence-electron chi connectivity index (χ2n) is 3.41. The third-order valence-electron chi connectivity index (χ3n) is 2.19. The molecule has 0 aliphatic carbocycles. The number of hydrogen-bond donors (Lipinski definition) is 2. The quantitative estimate of drug-likeness (QED) is 0.609. The van der Waals surface area contributed by atoms with Gasteiger partial charge in [0.1, 0.15) is 12.1 Å². The molecule has 0 aromatic carbocycles. The number of rotatable bonds is 4. The molecule has 0 radical (unpaired) electrons. The van der Waals surface area contributed by atoms with Gasteiger partial charge < -0.3 is 11.1 Å². The molecule has 2 aromatic heterocycles. The molecule has 0 atom stereocenters. The number of nitrogens with zero attached hydrogens (tertiary/aromatic N) is 4. The molecule has 8 nitrogen and oxygen atoms in total. The molecule has 0 fully saturated rings. The van der Waals surface area contributed by atoms with Gasteiger partial charge in [0.25, 0.3) is 0 Å². The SMILES string of the molecule is Nc1nc(NCc2ccncn2)ccc1[N+](=O)[O-]. The molecular weight excluding hydrogens is 236 g/mol. The fourth-order valence-corrected chi connectivity index (χ4v) is 1.32. The Morgan fingerprint density at radius 3 is 2.83 bits per heavy atom. The Morgan fingerprint density at radius 1 is 1.39 bits per heavy atom. The van der Waals surface area contributed by atoms with Gasteiger partial charge in [0.2, 0.25) is 5.82 Å². The van der Waals surface area contributed by atoms with Crippen molar-refractivity contribution in [3.8, 4) is 0 Å². The number of anilines is 2. The van der Waals surface area contributed by atoms with Crippen molar-refractivity contribution in [1.82, 2.24) is 15.0 Å². The zero-order chi connectivity index (χ0) is 13.0. The zero-order valence-electron chi connectivity index (χ0n) is 9.28. The first-order valence-electron chi connectivity index (χ1n) is 5.06. The first-order valence-corrected chi connectivity index (χ1v) is 5.06. The lowest BCUT2D eigenvalue weighted by atomic mass is 10.3. The maximum absolute atomic E-state index is 10.6. The fraction of sp³-hybridized carbons (Fsp3) is 0.100. The molecule has 0 amide bonds. The van der Waals surface area contributed by atoms with E-state index in [-0.39, 0.29) is 11.5 Å². The highest BCUT2D eigenvalue weighted by Gasteiger charge is 2.12. The molecule has 0 aliphatic rings. The largest absolute Gasteiger partial charge is 0.378 e. The summed E-state index contributed by atoms with van der Waals surface area (Å²) in [4.78, 5) is 21.7. The van der Waals surface area contributed by atoms with Crippen LogP contribution in [0.2, 0.25) is 0 Å². The van der Waals surface area contributed by atoms with Gasteiger partial charge in [-0.25, -0.2) is 15.0 Å². The van der Waals surface area contributed by atoms with Gasteiger partial charge in [0.05, 0.1) is 17.2 Å². The minimum absolute atomic E-state index is 0.118. The normalized spacial score (nSPS) is 10.0. The van der Waals surface area contributed by atoms with Crippen molar-refractivity contribution >= 4 is 17.3 Å². The predicted molar refractivity (Wildman–Crippen MR) is 64.7 cm³/mol. The number of hydrogen-bond acceptors (Lipinski definition) is 7. The summed E-state index contributed by atoms with van der Waals surface area (Å²) >= 11 is 0.